The quantitative estimate of drug-likeness (QED) is 0.842. The topological polar surface area (TPSA) is 56.3 Å². The van der Waals surface area contributed by atoms with Crippen molar-refractivity contribution in [3.63, 3.8) is 0 Å². The molecule has 0 saturated carbocycles. The minimum atomic E-state index is 0.255. The van der Waals surface area contributed by atoms with Crippen molar-refractivity contribution in [2.24, 2.45) is 5.73 Å². The molecule has 1 aromatic heterocycles. The van der Waals surface area contributed by atoms with Crippen LogP contribution in [-0.2, 0) is 13.0 Å². The largest absolute Gasteiger partial charge is 0.497 e. The van der Waals surface area contributed by atoms with Crippen LogP contribution in [0.4, 0.5) is 0 Å². The lowest BCUT2D eigenvalue weighted by Crippen LogP contribution is -2.25. The SMILES string of the molecule is COc1cccc(C(Cn2cncc2CCN)N(C)C)c1. The molecule has 0 radical (unpaired) electrons. The second-order valence-electron chi connectivity index (χ2n) is 5.33. The first-order valence-electron chi connectivity index (χ1n) is 7.15. The smallest absolute Gasteiger partial charge is 0.119 e. The summed E-state index contributed by atoms with van der Waals surface area (Å²) in [5.74, 6) is 0.882. The average Bonchev–Trinajstić information content (AvgIpc) is 2.92. The number of benzene rings is 1. The highest BCUT2D eigenvalue weighted by Crippen LogP contribution is 2.24. The lowest BCUT2D eigenvalue weighted by atomic mass is 10.1. The number of aromatic nitrogens is 2. The molecule has 0 bridgehead atoms. The van der Waals surface area contributed by atoms with E-state index in [1.807, 2.05) is 24.7 Å². The molecule has 5 nitrogen and oxygen atoms in total. The van der Waals surface area contributed by atoms with Gasteiger partial charge in [-0.1, -0.05) is 12.1 Å². The van der Waals surface area contributed by atoms with E-state index >= 15 is 0 Å². The van der Waals surface area contributed by atoms with Crippen molar-refractivity contribution in [3.05, 3.63) is 48.0 Å². The van der Waals surface area contributed by atoms with Crippen molar-refractivity contribution < 1.29 is 4.74 Å². The van der Waals surface area contributed by atoms with Crippen molar-refractivity contribution in [2.45, 2.75) is 19.0 Å². The molecule has 21 heavy (non-hydrogen) atoms. The molecule has 5 heteroatoms. The van der Waals surface area contributed by atoms with Gasteiger partial charge in [-0.15, -0.1) is 0 Å². The van der Waals surface area contributed by atoms with E-state index in [0.29, 0.717) is 6.54 Å². The molecular weight excluding hydrogens is 264 g/mol. The molecule has 1 aromatic carbocycles. The maximum Gasteiger partial charge on any atom is 0.119 e. The molecule has 2 aromatic rings. The molecule has 2 N–H and O–H groups in total. The van der Waals surface area contributed by atoms with E-state index in [1.165, 1.54) is 11.3 Å². The minimum Gasteiger partial charge on any atom is -0.497 e. The first kappa shape index (κ1) is 15.5. The standard InChI is InChI=1S/C16H24N4O/c1-19(2)16(13-5-4-6-15(9-13)21-3)11-20-12-18-10-14(20)7-8-17/h4-6,9-10,12,16H,7-8,11,17H2,1-3H3. The van der Waals surface area contributed by atoms with Gasteiger partial charge in [-0.3, -0.25) is 0 Å². The van der Waals surface area contributed by atoms with Gasteiger partial charge in [0.05, 0.1) is 19.5 Å². The fourth-order valence-electron chi connectivity index (χ4n) is 2.47. The maximum atomic E-state index is 5.66. The highest BCUT2D eigenvalue weighted by Gasteiger charge is 2.16. The van der Waals surface area contributed by atoms with Crippen molar-refractivity contribution in [1.82, 2.24) is 14.5 Å². The molecule has 114 valence electrons. The van der Waals surface area contributed by atoms with Crippen molar-refractivity contribution in [2.75, 3.05) is 27.7 Å². The first-order chi connectivity index (χ1) is 10.2. The highest BCUT2D eigenvalue weighted by molar-refractivity contribution is 5.30. The van der Waals surface area contributed by atoms with E-state index < -0.39 is 0 Å². The third-order valence-electron chi connectivity index (χ3n) is 3.67. The van der Waals surface area contributed by atoms with Gasteiger partial charge in [-0.25, -0.2) is 4.98 Å². The number of ether oxygens (including phenoxy) is 1. The van der Waals surface area contributed by atoms with Crippen molar-refractivity contribution in [1.29, 1.82) is 0 Å². The van der Waals surface area contributed by atoms with Crippen LogP contribution in [0, 0.1) is 0 Å². The molecular formula is C16H24N4O. The highest BCUT2D eigenvalue weighted by atomic mass is 16.5. The van der Waals surface area contributed by atoms with Gasteiger partial charge in [0.1, 0.15) is 5.75 Å². The summed E-state index contributed by atoms with van der Waals surface area (Å²) in [4.78, 5) is 6.45. The molecule has 1 atom stereocenters. The van der Waals surface area contributed by atoms with Crippen molar-refractivity contribution >= 4 is 0 Å². The zero-order chi connectivity index (χ0) is 15.2. The predicted octanol–water partition coefficient (Wildman–Crippen LogP) is 1.70. The fraction of sp³-hybridized carbons (Fsp3) is 0.438. The molecule has 0 amide bonds. The zero-order valence-corrected chi connectivity index (χ0v) is 13.0. The molecule has 2 rings (SSSR count). The second-order valence-corrected chi connectivity index (χ2v) is 5.33. The molecule has 0 fully saturated rings. The summed E-state index contributed by atoms with van der Waals surface area (Å²) >= 11 is 0. The van der Waals surface area contributed by atoms with Gasteiger partial charge in [0.15, 0.2) is 0 Å². The van der Waals surface area contributed by atoms with E-state index in [9.17, 15) is 0 Å². The molecule has 1 heterocycles. The molecule has 0 aliphatic carbocycles. The van der Waals surface area contributed by atoms with Crippen LogP contribution in [0.2, 0.25) is 0 Å². The lowest BCUT2D eigenvalue weighted by molar-refractivity contribution is 0.266. The third-order valence-corrected chi connectivity index (χ3v) is 3.67. The monoisotopic (exact) mass is 288 g/mol. The van der Waals surface area contributed by atoms with E-state index in [2.05, 4.69) is 40.7 Å². The van der Waals surface area contributed by atoms with E-state index in [0.717, 1.165) is 18.7 Å². The Morgan fingerprint density at radius 3 is 2.86 bits per heavy atom. The van der Waals surface area contributed by atoms with Gasteiger partial charge in [-0.2, -0.15) is 0 Å². The molecule has 0 spiro atoms. The summed E-state index contributed by atoms with van der Waals surface area (Å²) in [5.41, 5.74) is 8.06. The number of hydrogen-bond donors (Lipinski definition) is 1. The van der Waals surface area contributed by atoms with Crippen LogP contribution in [-0.4, -0.2) is 42.2 Å². The number of likely N-dealkylation sites (N-methyl/N-ethyl adjacent to an activating group) is 1. The number of nitrogens with two attached hydrogens (primary N) is 1. The van der Waals surface area contributed by atoms with Gasteiger partial charge in [0, 0.05) is 24.9 Å². The van der Waals surface area contributed by atoms with Crippen LogP contribution in [0.15, 0.2) is 36.8 Å². The van der Waals surface area contributed by atoms with Gasteiger partial charge in [-0.05, 0) is 38.3 Å². The molecule has 1 unspecified atom stereocenters. The Morgan fingerprint density at radius 1 is 1.38 bits per heavy atom. The van der Waals surface area contributed by atoms with E-state index in [1.54, 1.807) is 7.11 Å². The summed E-state index contributed by atoms with van der Waals surface area (Å²) in [7, 11) is 5.87. The average molecular weight is 288 g/mol. The number of imidazole rings is 1. The summed E-state index contributed by atoms with van der Waals surface area (Å²) < 4.78 is 7.51. The second kappa shape index (κ2) is 7.24. The van der Waals surface area contributed by atoms with Crippen LogP contribution >= 0.6 is 0 Å². The van der Waals surface area contributed by atoms with Crippen LogP contribution in [0.1, 0.15) is 17.3 Å². The molecule has 0 aliphatic rings. The Hall–Kier alpha value is -1.85. The Bertz CT molecular complexity index is 565. The van der Waals surface area contributed by atoms with Crippen LogP contribution in [0.3, 0.4) is 0 Å². The summed E-state index contributed by atoms with van der Waals surface area (Å²) in [6.07, 6.45) is 4.62. The Kier molecular flexibility index (Phi) is 5.36. The summed E-state index contributed by atoms with van der Waals surface area (Å²) in [5, 5.41) is 0. The van der Waals surface area contributed by atoms with Crippen LogP contribution < -0.4 is 10.5 Å². The predicted molar refractivity (Wildman–Crippen MR) is 84.4 cm³/mol. The Balaban J connectivity index is 2.24. The van der Waals surface area contributed by atoms with Crippen molar-refractivity contribution in [3.8, 4) is 5.75 Å². The van der Waals surface area contributed by atoms with E-state index in [-0.39, 0.29) is 6.04 Å². The number of rotatable bonds is 7. The molecule has 0 aliphatic heterocycles. The van der Waals surface area contributed by atoms with Gasteiger partial charge in [0.2, 0.25) is 0 Å². The summed E-state index contributed by atoms with van der Waals surface area (Å²) in [6, 6.07) is 8.47. The normalized spacial score (nSPS) is 12.6. The fourth-order valence-corrected chi connectivity index (χ4v) is 2.47. The van der Waals surface area contributed by atoms with Gasteiger partial charge in [0.25, 0.3) is 0 Å². The number of nitrogens with zero attached hydrogens (tertiary/aromatic N) is 3. The number of methoxy groups -OCH3 is 1. The van der Waals surface area contributed by atoms with Gasteiger partial charge >= 0.3 is 0 Å². The maximum absolute atomic E-state index is 5.66. The van der Waals surface area contributed by atoms with Gasteiger partial charge < -0.3 is 19.9 Å². The summed E-state index contributed by atoms with van der Waals surface area (Å²) in [6.45, 7) is 1.48. The molecule has 0 saturated heterocycles. The number of hydrogen-bond acceptors (Lipinski definition) is 4. The van der Waals surface area contributed by atoms with E-state index in [4.69, 9.17) is 10.5 Å². The van der Waals surface area contributed by atoms with Crippen LogP contribution in [0.25, 0.3) is 0 Å². The minimum absolute atomic E-state index is 0.255. The Labute approximate surface area is 126 Å². The van der Waals surface area contributed by atoms with Crippen LogP contribution in [0.5, 0.6) is 5.75 Å². The first-order valence-corrected chi connectivity index (χ1v) is 7.15. The lowest BCUT2D eigenvalue weighted by Gasteiger charge is -2.26. The Morgan fingerprint density at radius 2 is 2.19 bits per heavy atom. The zero-order valence-electron chi connectivity index (χ0n) is 13.0. The third kappa shape index (κ3) is 3.83.